The minimum Gasteiger partial charge on any atom is -0.480 e. The van der Waals surface area contributed by atoms with Crippen molar-refractivity contribution in [3.8, 4) is 0 Å². The lowest BCUT2D eigenvalue weighted by atomic mass is 9.98. The lowest BCUT2D eigenvalue weighted by Crippen LogP contribution is -2.80. The molecule has 13 heteroatoms. The number of carbonyl (C=O) groups excluding carboxylic acids is 2. The molecule has 0 aliphatic carbocycles. The average Bonchev–Trinajstić information content (AvgIpc) is 2.80. The number of carboxylic acid groups (broad SMARTS) is 2. The Morgan fingerprint density at radius 2 is 2.21 bits per heavy atom. The Hall–Kier alpha value is -2.61. The number of methoxy groups -OCH3 is 1. The van der Waals surface area contributed by atoms with Crippen LogP contribution in [0.5, 0.6) is 0 Å². The molecular weight excluding hydrogens is 472 g/mol. The Balaban J connectivity index is 1.70. The zero-order valence-electron chi connectivity index (χ0n) is 17.7. The molecule has 3 rings (SSSR count). The Morgan fingerprint density at radius 1 is 1.45 bits per heavy atom. The molecule has 0 spiro atoms. The van der Waals surface area contributed by atoms with Crippen LogP contribution in [0.3, 0.4) is 0 Å². The van der Waals surface area contributed by atoms with Crippen molar-refractivity contribution in [2.45, 2.75) is 41.3 Å². The van der Waals surface area contributed by atoms with E-state index in [4.69, 9.17) is 15.6 Å². The molecule has 2 amide bonds. The first-order valence-corrected chi connectivity index (χ1v) is 12.0. The van der Waals surface area contributed by atoms with E-state index in [0.717, 1.165) is 9.80 Å². The van der Waals surface area contributed by atoms with Gasteiger partial charge in [0, 0.05) is 42.3 Å². The minimum absolute atomic E-state index is 0.0502. The standard InChI is InChI=1S/C20H24N4O7S2/c1-31-20(23-14(25)6-2-5-13(21)16(26)27)18(30)24-15(17(28)29)11(10-33-19(20)24)9-32-12-4-3-7-22-8-12/h3-4,7-8,13,19H,2,5-6,9-10,21H2,1H3,(H,23,25)(H,26,27)(H,28,29)/t13?,19-,20-/m0/s1. The second kappa shape index (κ2) is 10.5. The van der Waals surface area contributed by atoms with Gasteiger partial charge in [0.25, 0.3) is 11.6 Å². The quantitative estimate of drug-likeness (QED) is 0.191. The number of nitrogens with one attached hydrogen (secondary N) is 1. The van der Waals surface area contributed by atoms with E-state index >= 15 is 0 Å². The molecule has 1 fully saturated rings. The SMILES string of the molecule is CO[C@@]1(NC(=O)CCCC(N)C(=O)O)C(=O)N2C(C(=O)O)=C(CSc3cccnc3)CS[C@H]21. The van der Waals surface area contributed by atoms with Gasteiger partial charge in [-0.25, -0.2) is 4.79 Å². The normalized spacial score (nSPS) is 22.9. The van der Waals surface area contributed by atoms with E-state index in [0.29, 0.717) is 17.1 Å². The number of thioether (sulfide) groups is 2. The van der Waals surface area contributed by atoms with Crippen LogP contribution in [0.15, 0.2) is 40.7 Å². The van der Waals surface area contributed by atoms with Crippen LogP contribution in [-0.2, 0) is 23.9 Å². The second-order valence-corrected chi connectivity index (χ2v) is 9.52. The van der Waals surface area contributed by atoms with Gasteiger partial charge >= 0.3 is 11.9 Å². The van der Waals surface area contributed by atoms with Crippen molar-refractivity contribution in [2.75, 3.05) is 18.6 Å². The third kappa shape index (κ3) is 5.16. The average molecular weight is 497 g/mol. The predicted octanol–water partition coefficient (Wildman–Crippen LogP) is 0.469. The van der Waals surface area contributed by atoms with Crippen LogP contribution in [0.25, 0.3) is 0 Å². The minimum atomic E-state index is -1.68. The first-order valence-electron chi connectivity index (χ1n) is 9.99. The summed E-state index contributed by atoms with van der Waals surface area (Å²) in [5.74, 6) is -2.85. The Bertz CT molecular complexity index is 974. The van der Waals surface area contributed by atoms with Crippen molar-refractivity contribution in [3.63, 3.8) is 0 Å². The van der Waals surface area contributed by atoms with Gasteiger partial charge < -0.3 is 26.0 Å². The van der Waals surface area contributed by atoms with Crippen LogP contribution in [-0.4, -0.2) is 79.6 Å². The number of rotatable bonds is 11. The first-order chi connectivity index (χ1) is 15.7. The maximum absolute atomic E-state index is 13.1. The number of amides is 2. The summed E-state index contributed by atoms with van der Waals surface area (Å²) in [6.45, 7) is 0. The van der Waals surface area contributed by atoms with Crippen molar-refractivity contribution >= 4 is 47.3 Å². The highest BCUT2D eigenvalue weighted by Crippen LogP contribution is 2.47. The molecule has 5 N–H and O–H groups in total. The summed E-state index contributed by atoms with van der Waals surface area (Å²) in [5.41, 5.74) is 4.24. The fourth-order valence-corrected chi connectivity index (χ4v) is 5.99. The van der Waals surface area contributed by atoms with E-state index in [1.165, 1.54) is 30.6 Å². The van der Waals surface area contributed by atoms with Crippen LogP contribution in [0.2, 0.25) is 0 Å². The van der Waals surface area contributed by atoms with Gasteiger partial charge in [0.1, 0.15) is 17.1 Å². The Labute approximate surface area is 198 Å². The molecule has 2 aliphatic rings. The Kier molecular flexibility index (Phi) is 8.00. The van der Waals surface area contributed by atoms with Crippen LogP contribution in [0.1, 0.15) is 19.3 Å². The molecule has 1 aromatic heterocycles. The molecule has 11 nitrogen and oxygen atoms in total. The topological polar surface area (TPSA) is 172 Å². The van der Waals surface area contributed by atoms with Crippen molar-refractivity contribution in [1.29, 1.82) is 0 Å². The van der Waals surface area contributed by atoms with Crippen molar-refractivity contribution < 1.29 is 34.1 Å². The summed E-state index contributed by atoms with van der Waals surface area (Å²) in [6.07, 6.45) is 3.58. The van der Waals surface area contributed by atoms with Crippen LogP contribution < -0.4 is 11.1 Å². The maximum Gasteiger partial charge on any atom is 0.352 e. The number of fused-ring (bicyclic) bond motifs is 1. The van der Waals surface area contributed by atoms with E-state index in [2.05, 4.69) is 10.3 Å². The number of hydrogen-bond donors (Lipinski definition) is 4. The number of carbonyl (C=O) groups is 4. The summed E-state index contributed by atoms with van der Waals surface area (Å²) < 4.78 is 5.39. The summed E-state index contributed by atoms with van der Waals surface area (Å²) >= 11 is 2.72. The smallest absolute Gasteiger partial charge is 0.352 e. The molecule has 0 saturated carbocycles. The largest absolute Gasteiger partial charge is 0.480 e. The van der Waals surface area contributed by atoms with E-state index in [1.54, 1.807) is 18.5 Å². The van der Waals surface area contributed by atoms with Crippen molar-refractivity contribution in [3.05, 3.63) is 35.8 Å². The number of nitrogens with zero attached hydrogens (tertiary/aromatic N) is 2. The molecule has 1 saturated heterocycles. The third-order valence-corrected chi connectivity index (χ3v) is 7.68. The highest BCUT2D eigenvalue weighted by Gasteiger charge is 2.66. The molecule has 33 heavy (non-hydrogen) atoms. The number of pyridine rings is 1. The van der Waals surface area contributed by atoms with E-state index in [1.807, 2.05) is 6.07 Å². The molecule has 0 radical (unpaired) electrons. The summed E-state index contributed by atoms with van der Waals surface area (Å²) in [6, 6.07) is 2.57. The van der Waals surface area contributed by atoms with Gasteiger partial charge in [-0.05, 0) is 30.5 Å². The summed E-state index contributed by atoms with van der Waals surface area (Å²) in [4.78, 5) is 54.3. The summed E-state index contributed by atoms with van der Waals surface area (Å²) in [7, 11) is 1.27. The lowest BCUT2D eigenvalue weighted by molar-refractivity contribution is -0.192. The highest BCUT2D eigenvalue weighted by atomic mass is 32.2. The molecular formula is C20H24N4O7S2. The summed E-state index contributed by atoms with van der Waals surface area (Å²) in [5, 5.41) is 20.5. The first kappa shape index (κ1) is 25.0. The molecule has 2 aliphatic heterocycles. The number of nitrogens with two attached hydrogens (primary N) is 1. The zero-order chi connectivity index (χ0) is 24.2. The van der Waals surface area contributed by atoms with Gasteiger partial charge in [-0.1, -0.05) is 0 Å². The molecule has 178 valence electrons. The lowest BCUT2D eigenvalue weighted by Gasteiger charge is -2.55. The fraction of sp³-hybridized carbons (Fsp3) is 0.450. The number of hydrogen-bond acceptors (Lipinski definition) is 9. The maximum atomic E-state index is 13.1. The Morgan fingerprint density at radius 3 is 2.82 bits per heavy atom. The monoisotopic (exact) mass is 496 g/mol. The molecule has 3 atom stereocenters. The van der Waals surface area contributed by atoms with Crippen LogP contribution >= 0.6 is 23.5 Å². The molecule has 3 heterocycles. The molecule has 1 aromatic rings. The van der Waals surface area contributed by atoms with E-state index in [-0.39, 0.29) is 25.0 Å². The van der Waals surface area contributed by atoms with Gasteiger partial charge in [0.15, 0.2) is 0 Å². The van der Waals surface area contributed by atoms with Gasteiger partial charge in [-0.3, -0.25) is 24.3 Å². The number of β-lactam (4-membered cyclic amide) rings is 1. The van der Waals surface area contributed by atoms with Crippen molar-refractivity contribution in [2.24, 2.45) is 5.73 Å². The van der Waals surface area contributed by atoms with Gasteiger partial charge in [-0.15, -0.1) is 23.5 Å². The number of aliphatic carboxylic acids is 2. The molecule has 0 aromatic carbocycles. The zero-order valence-corrected chi connectivity index (χ0v) is 19.4. The van der Waals surface area contributed by atoms with Crippen LogP contribution in [0, 0.1) is 0 Å². The number of ether oxygens (including phenoxy) is 1. The number of carboxylic acids is 2. The number of aromatic nitrogens is 1. The highest BCUT2D eigenvalue weighted by molar-refractivity contribution is 8.01. The third-order valence-electron chi connectivity index (χ3n) is 5.24. The van der Waals surface area contributed by atoms with Gasteiger partial charge in [-0.2, -0.15) is 0 Å². The van der Waals surface area contributed by atoms with Crippen LogP contribution in [0.4, 0.5) is 0 Å². The second-order valence-electron chi connectivity index (χ2n) is 7.40. The predicted molar refractivity (Wildman–Crippen MR) is 120 cm³/mol. The van der Waals surface area contributed by atoms with E-state index < -0.39 is 40.9 Å². The fourth-order valence-electron chi connectivity index (χ4n) is 3.53. The molecule has 1 unspecified atom stereocenters. The van der Waals surface area contributed by atoms with Gasteiger partial charge in [0.2, 0.25) is 5.91 Å². The molecule has 0 bridgehead atoms. The van der Waals surface area contributed by atoms with E-state index in [9.17, 15) is 24.3 Å². The van der Waals surface area contributed by atoms with Gasteiger partial charge in [0.05, 0.1) is 0 Å². The van der Waals surface area contributed by atoms with Crippen molar-refractivity contribution in [1.82, 2.24) is 15.2 Å².